The van der Waals surface area contributed by atoms with Gasteiger partial charge in [-0.25, -0.2) is 4.68 Å². The van der Waals surface area contributed by atoms with Crippen molar-refractivity contribution in [2.45, 2.75) is 6.92 Å². The first kappa shape index (κ1) is 14.8. The number of anilines is 1. The van der Waals surface area contributed by atoms with Crippen molar-refractivity contribution in [2.24, 2.45) is 0 Å². The molecule has 3 rings (SSSR count). The number of amides is 1. The van der Waals surface area contributed by atoms with Gasteiger partial charge in [0.05, 0.1) is 24.7 Å². The summed E-state index contributed by atoms with van der Waals surface area (Å²) in [6, 6.07) is 14.4. The van der Waals surface area contributed by atoms with Crippen LogP contribution >= 0.6 is 0 Å². The molecular formula is C17H16N4O2. The van der Waals surface area contributed by atoms with Gasteiger partial charge in [-0.2, -0.15) is 0 Å². The van der Waals surface area contributed by atoms with E-state index in [9.17, 15) is 4.79 Å². The molecule has 0 aliphatic carbocycles. The average Bonchev–Trinajstić information content (AvgIpc) is 3.01. The van der Waals surface area contributed by atoms with Crippen LogP contribution in [0.1, 0.15) is 16.1 Å². The molecule has 1 N–H and O–H groups in total. The molecule has 0 fully saturated rings. The maximum Gasteiger partial charge on any atom is 0.255 e. The van der Waals surface area contributed by atoms with Crippen LogP contribution < -0.4 is 10.1 Å². The van der Waals surface area contributed by atoms with Gasteiger partial charge < -0.3 is 10.1 Å². The molecule has 1 amide bonds. The summed E-state index contributed by atoms with van der Waals surface area (Å²) in [5.41, 5.74) is 3.04. The Hall–Kier alpha value is -3.15. The van der Waals surface area contributed by atoms with Crippen LogP contribution in [0.2, 0.25) is 0 Å². The summed E-state index contributed by atoms with van der Waals surface area (Å²) in [4.78, 5) is 12.3. The number of benzene rings is 2. The molecule has 0 radical (unpaired) electrons. The molecule has 23 heavy (non-hydrogen) atoms. The number of ether oxygens (including phenoxy) is 1. The van der Waals surface area contributed by atoms with E-state index in [4.69, 9.17) is 4.74 Å². The monoisotopic (exact) mass is 308 g/mol. The van der Waals surface area contributed by atoms with E-state index in [1.807, 2.05) is 37.3 Å². The van der Waals surface area contributed by atoms with E-state index in [-0.39, 0.29) is 5.91 Å². The van der Waals surface area contributed by atoms with E-state index in [1.165, 1.54) is 0 Å². The molecule has 116 valence electrons. The highest BCUT2D eigenvalue weighted by molar-refractivity contribution is 6.04. The van der Waals surface area contributed by atoms with Gasteiger partial charge in [0.1, 0.15) is 5.75 Å². The molecule has 6 nitrogen and oxygen atoms in total. The second kappa shape index (κ2) is 6.31. The fourth-order valence-electron chi connectivity index (χ4n) is 2.20. The van der Waals surface area contributed by atoms with Gasteiger partial charge in [-0.3, -0.25) is 4.79 Å². The highest BCUT2D eigenvalue weighted by Gasteiger charge is 2.08. The van der Waals surface area contributed by atoms with Gasteiger partial charge in [0.15, 0.2) is 0 Å². The highest BCUT2D eigenvalue weighted by Crippen LogP contribution is 2.18. The zero-order valence-electron chi connectivity index (χ0n) is 12.9. The number of carbonyl (C=O) groups excluding carboxylic acids is 1. The standard InChI is InChI=1S/C17H16N4O2/c1-12-11-18-20-21(12)15-8-6-13(7-9-15)17(22)19-14-4-3-5-16(10-14)23-2/h3-11H,1-2H3,(H,19,22). The van der Waals surface area contributed by atoms with Crippen LogP contribution in [0.4, 0.5) is 5.69 Å². The molecule has 3 aromatic rings. The van der Waals surface area contributed by atoms with Gasteiger partial charge in [-0.15, -0.1) is 5.10 Å². The first-order chi connectivity index (χ1) is 11.2. The highest BCUT2D eigenvalue weighted by atomic mass is 16.5. The van der Waals surface area contributed by atoms with E-state index in [2.05, 4.69) is 15.6 Å². The van der Waals surface area contributed by atoms with E-state index in [1.54, 1.807) is 36.2 Å². The lowest BCUT2D eigenvalue weighted by atomic mass is 10.2. The summed E-state index contributed by atoms with van der Waals surface area (Å²) < 4.78 is 6.86. The number of methoxy groups -OCH3 is 1. The van der Waals surface area contributed by atoms with E-state index >= 15 is 0 Å². The normalized spacial score (nSPS) is 10.3. The van der Waals surface area contributed by atoms with Crippen molar-refractivity contribution in [1.82, 2.24) is 15.0 Å². The number of hydrogen-bond acceptors (Lipinski definition) is 4. The van der Waals surface area contributed by atoms with E-state index < -0.39 is 0 Å². The molecule has 0 aliphatic heterocycles. The molecule has 0 spiro atoms. The Labute approximate surface area is 133 Å². The number of nitrogens with one attached hydrogen (secondary N) is 1. The zero-order chi connectivity index (χ0) is 16.2. The number of rotatable bonds is 4. The number of nitrogens with zero attached hydrogens (tertiary/aromatic N) is 3. The lowest BCUT2D eigenvalue weighted by molar-refractivity contribution is 0.102. The molecule has 2 aromatic carbocycles. The third-order valence-electron chi connectivity index (χ3n) is 3.42. The average molecular weight is 308 g/mol. The third kappa shape index (κ3) is 3.21. The van der Waals surface area contributed by atoms with Crippen molar-refractivity contribution in [3.05, 3.63) is 66.0 Å². The van der Waals surface area contributed by atoms with Crippen molar-refractivity contribution in [2.75, 3.05) is 12.4 Å². The van der Waals surface area contributed by atoms with Gasteiger partial charge >= 0.3 is 0 Å². The molecule has 0 aliphatic rings. The van der Waals surface area contributed by atoms with Crippen molar-refractivity contribution >= 4 is 11.6 Å². The molecule has 1 aromatic heterocycles. The number of carbonyl (C=O) groups is 1. The first-order valence-corrected chi connectivity index (χ1v) is 7.10. The molecular weight excluding hydrogens is 292 g/mol. The van der Waals surface area contributed by atoms with Crippen LogP contribution in [0.15, 0.2) is 54.7 Å². The molecule has 0 saturated heterocycles. The Kier molecular flexibility index (Phi) is 4.05. The minimum atomic E-state index is -0.180. The molecule has 0 atom stereocenters. The summed E-state index contributed by atoms with van der Waals surface area (Å²) >= 11 is 0. The Morgan fingerprint density at radius 3 is 2.61 bits per heavy atom. The van der Waals surface area contributed by atoms with Crippen molar-refractivity contribution in [3.8, 4) is 11.4 Å². The third-order valence-corrected chi connectivity index (χ3v) is 3.42. The van der Waals surface area contributed by atoms with Crippen molar-refractivity contribution in [3.63, 3.8) is 0 Å². The van der Waals surface area contributed by atoms with Crippen molar-refractivity contribution in [1.29, 1.82) is 0 Å². The zero-order valence-corrected chi connectivity index (χ0v) is 12.9. The molecule has 0 saturated carbocycles. The second-order valence-corrected chi connectivity index (χ2v) is 5.02. The van der Waals surface area contributed by atoms with Crippen LogP contribution in [0, 0.1) is 6.92 Å². The van der Waals surface area contributed by atoms with Gasteiger partial charge in [0, 0.05) is 17.3 Å². The predicted octanol–water partition coefficient (Wildman–Crippen LogP) is 2.84. The van der Waals surface area contributed by atoms with Crippen LogP contribution in [0.5, 0.6) is 5.75 Å². The van der Waals surface area contributed by atoms with Gasteiger partial charge in [-0.1, -0.05) is 11.3 Å². The lowest BCUT2D eigenvalue weighted by Gasteiger charge is -2.08. The molecule has 6 heteroatoms. The predicted molar refractivity (Wildman–Crippen MR) is 87.0 cm³/mol. The van der Waals surface area contributed by atoms with E-state index in [0.29, 0.717) is 17.0 Å². The molecule has 0 bridgehead atoms. The summed E-state index contributed by atoms with van der Waals surface area (Å²) in [6.07, 6.45) is 1.68. The largest absolute Gasteiger partial charge is 0.497 e. The minimum absolute atomic E-state index is 0.180. The Morgan fingerprint density at radius 2 is 1.96 bits per heavy atom. The fourth-order valence-corrected chi connectivity index (χ4v) is 2.20. The summed E-state index contributed by atoms with van der Waals surface area (Å²) in [5.74, 6) is 0.514. The first-order valence-electron chi connectivity index (χ1n) is 7.10. The Morgan fingerprint density at radius 1 is 1.17 bits per heavy atom. The second-order valence-electron chi connectivity index (χ2n) is 5.02. The smallest absolute Gasteiger partial charge is 0.255 e. The van der Waals surface area contributed by atoms with Gasteiger partial charge in [-0.05, 0) is 43.3 Å². The fraction of sp³-hybridized carbons (Fsp3) is 0.118. The van der Waals surface area contributed by atoms with Crippen LogP contribution in [0.25, 0.3) is 5.69 Å². The van der Waals surface area contributed by atoms with Gasteiger partial charge in [0.25, 0.3) is 5.91 Å². The van der Waals surface area contributed by atoms with E-state index in [0.717, 1.165) is 11.4 Å². The maximum absolute atomic E-state index is 12.3. The number of hydrogen-bond donors (Lipinski definition) is 1. The quantitative estimate of drug-likeness (QED) is 0.804. The van der Waals surface area contributed by atoms with Crippen LogP contribution in [0.3, 0.4) is 0 Å². The Bertz CT molecular complexity index is 825. The maximum atomic E-state index is 12.3. The number of aromatic nitrogens is 3. The summed E-state index contributed by atoms with van der Waals surface area (Å²) in [5, 5.41) is 10.7. The topological polar surface area (TPSA) is 69.0 Å². The van der Waals surface area contributed by atoms with Crippen LogP contribution in [-0.2, 0) is 0 Å². The van der Waals surface area contributed by atoms with Crippen LogP contribution in [-0.4, -0.2) is 28.0 Å². The van der Waals surface area contributed by atoms with Gasteiger partial charge in [0.2, 0.25) is 0 Å². The SMILES string of the molecule is COc1cccc(NC(=O)c2ccc(-n3nncc3C)cc2)c1. The molecule has 0 unspecified atom stereocenters. The minimum Gasteiger partial charge on any atom is -0.497 e. The summed E-state index contributed by atoms with van der Waals surface area (Å²) in [7, 11) is 1.59. The summed E-state index contributed by atoms with van der Waals surface area (Å²) in [6.45, 7) is 1.92. The molecule has 1 heterocycles. The van der Waals surface area contributed by atoms with Crippen molar-refractivity contribution < 1.29 is 9.53 Å². The lowest BCUT2D eigenvalue weighted by Crippen LogP contribution is -2.12. The number of aryl methyl sites for hydroxylation is 1. The Balaban J connectivity index is 1.76.